The molecular weight excluding hydrogens is 347 g/mol. The zero-order chi connectivity index (χ0) is 13.3. The van der Waals surface area contributed by atoms with E-state index in [2.05, 4.69) is 22.6 Å². The van der Waals surface area contributed by atoms with Crippen molar-refractivity contribution in [3.8, 4) is 0 Å². The standard InChI is InChI=1S/C14H12F2IN/c1-8-2-7-11(15)12(13(8)16)14(18)9-3-5-10(17)6-4-9/h2-7,14H,18H2,1H3. The van der Waals surface area contributed by atoms with E-state index in [1.807, 2.05) is 12.1 Å². The van der Waals surface area contributed by atoms with Crippen molar-refractivity contribution < 1.29 is 8.78 Å². The van der Waals surface area contributed by atoms with Gasteiger partial charge in [-0.2, -0.15) is 0 Å². The molecule has 0 saturated carbocycles. The van der Waals surface area contributed by atoms with Gasteiger partial charge in [0.15, 0.2) is 0 Å². The summed E-state index contributed by atoms with van der Waals surface area (Å²) < 4.78 is 28.7. The second-order valence-corrected chi connectivity index (χ2v) is 5.37. The molecule has 0 amide bonds. The van der Waals surface area contributed by atoms with E-state index in [-0.39, 0.29) is 5.56 Å². The van der Waals surface area contributed by atoms with Gasteiger partial charge in [0.25, 0.3) is 0 Å². The average Bonchev–Trinajstić information content (AvgIpc) is 2.35. The molecule has 0 saturated heterocycles. The largest absolute Gasteiger partial charge is 0.320 e. The molecule has 2 aromatic rings. The van der Waals surface area contributed by atoms with Crippen molar-refractivity contribution in [1.29, 1.82) is 0 Å². The molecule has 2 N–H and O–H groups in total. The van der Waals surface area contributed by atoms with Crippen LogP contribution in [0.2, 0.25) is 0 Å². The molecule has 94 valence electrons. The smallest absolute Gasteiger partial charge is 0.134 e. The first-order chi connectivity index (χ1) is 8.50. The molecule has 1 atom stereocenters. The topological polar surface area (TPSA) is 26.0 Å². The van der Waals surface area contributed by atoms with Crippen LogP contribution in [0.25, 0.3) is 0 Å². The van der Waals surface area contributed by atoms with Gasteiger partial charge in [-0.1, -0.05) is 18.2 Å². The molecule has 0 aliphatic rings. The van der Waals surface area contributed by atoms with Crippen molar-refractivity contribution in [3.05, 3.63) is 68.3 Å². The number of rotatable bonds is 2. The third-order valence-electron chi connectivity index (χ3n) is 2.86. The van der Waals surface area contributed by atoms with Crippen LogP contribution in [-0.2, 0) is 0 Å². The van der Waals surface area contributed by atoms with Crippen molar-refractivity contribution in [1.82, 2.24) is 0 Å². The molecular formula is C14H12F2IN. The Morgan fingerprint density at radius 1 is 1.06 bits per heavy atom. The third kappa shape index (κ3) is 2.54. The van der Waals surface area contributed by atoms with Crippen molar-refractivity contribution in [2.24, 2.45) is 5.73 Å². The van der Waals surface area contributed by atoms with E-state index in [9.17, 15) is 8.78 Å². The third-order valence-corrected chi connectivity index (χ3v) is 3.58. The number of halogens is 3. The minimum absolute atomic E-state index is 0.0730. The van der Waals surface area contributed by atoms with Crippen LogP contribution in [0, 0.1) is 22.1 Å². The van der Waals surface area contributed by atoms with E-state index in [1.165, 1.54) is 12.1 Å². The predicted molar refractivity (Wildman–Crippen MR) is 76.3 cm³/mol. The van der Waals surface area contributed by atoms with Crippen LogP contribution < -0.4 is 5.73 Å². The lowest BCUT2D eigenvalue weighted by Gasteiger charge is -2.15. The van der Waals surface area contributed by atoms with Crippen molar-refractivity contribution in [2.75, 3.05) is 0 Å². The number of aryl methyl sites for hydroxylation is 1. The molecule has 0 aromatic heterocycles. The average molecular weight is 359 g/mol. The first kappa shape index (κ1) is 13.4. The summed E-state index contributed by atoms with van der Waals surface area (Å²) in [5, 5.41) is 0. The van der Waals surface area contributed by atoms with E-state index in [0.29, 0.717) is 11.1 Å². The summed E-state index contributed by atoms with van der Waals surface area (Å²) >= 11 is 2.16. The summed E-state index contributed by atoms with van der Waals surface area (Å²) in [6.07, 6.45) is 0. The number of nitrogens with two attached hydrogens (primary N) is 1. The lowest BCUT2D eigenvalue weighted by Crippen LogP contribution is -2.16. The maximum Gasteiger partial charge on any atom is 0.134 e. The maximum atomic E-state index is 14.0. The van der Waals surface area contributed by atoms with Crippen molar-refractivity contribution in [2.45, 2.75) is 13.0 Å². The minimum Gasteiger partial charge on any atom is -0.320 e. The van der Waals surface area contributed by atoms with E-state index in [4.69, 9.17) is 5.73 Å². The molecule has 2 aromatic carbocycles. The molecule has 0 aliphatic carbocycles. The van der Waals surface area contributed by atoms with E-state index < -0.39 is 17.7 Å². The molecule has 0 radical (unpaired) electrons. The molecule has 1 unspecified atom stereocenters. The van der Waals surface area contributed by atoms with E-state index in [1.54, 1.807) is 19.1 Å². The first-order valence-electron chi connectivity index (χ1n) is 5.46. The summed E-state index contributed by atoms with van der Waals surface area (Å²) in [4.78, 5) is 0. The van der Waals surface area contributed by atoms with Gasteiger partial charge in [-0.15, -0.1) is 0 Å². The van der Waals surface area contributed by atoms with Crippen LogP contribution in [0.1, 0.15) is 22.7 Å². The van der Waals surface area contributed by atoms with Gasteiger partial charge in [0, 0.05) is 9.13 Å². The molecule has 1 nitrogen and oxygen atoms in total. The number of benzene rings is 2. The van der Waals surface area contributed by atoms with Crippen molar-refractivity contribution in [3.63, 3.8) is 0 Å². The van der Waals surface area contributed by atoms with Gasteiger partial charge in [-0.3, -0.25) is 0 Å². The fourth-order valence-corrected chi connectivity index (χ4v) is 2.16. The fourth-order valence-electron chi connectivity index (χ4n) is 1.80. The van der Waals surface area contributed by atoms with Crippen LogP contribution in [0.3, 0.4) is 0 Å². The highest BCUT2D eigenvalue weighted by Gasteiger charge is 2.19. The number of hydrogen-bond acceptors (Lipinski definition) is 1. The van der Waals surface area contributed by atoms with Crippen LogP contribution in [0.4, 0.5) is 8.78 Å². The number of hydrogen-bond donors (Lipinski definition) is 1. The molecule has 0 aliphatic heterocycles. The normalized spacial score (nSPS) is 12.5. The Labute approximate surface area is 118 Å². The highest BCUT2D eigenvalue weighted by Crippen LogP contribution is 2.27. The van der Waals surface area contributed by atoms with Crippen LogP contribution in [0.15, 0.2) is 36.4 Å². The van der Waals surface area contributed by atoms with Gasteiger partial charge in [0.1, 0.15) is 11.6 Å². The van der Waals surface area contributed by atoms with Gasteiger partial charge in [0.05, 0.1) is 6.04 Å². The Hall–Kier alpha value is -1.01. The van der Waals surface area contributed by atoms with Crippen LogP contribution in [-0.4, -0.2) is 0 Å². The Morgan fingerprint density at radius 3 is 2.28 bits per heavy atom. The Bertz CT molecular complexity index is 567. The SMILES string of the molecule is Cc1ccc(F)c(C(N)c2ccc(I)cc2)c1F. The lowest BCUT2D eigenvalue weighted by molar-refractivity contribution is 0.538. The second kappa shape index (κ2) is 5.32. The molecule has 0 bridgehead atoms. The summed E-state index contributed by atoms with van der Waals surface area (Å²) in [5.74, 6) is -1.18. The minimum atomic E-state index is -0.790. The molecule has 18 heavy (non-hydrogen) atoms. The Kier molecular flexibility index (Phi) is 3.97. The monoisotopic (exact) mass is 359 g/mol. The molecule has 0 spiro atoms. The molecule has 0 heterocycles. The van der Waals surface area contributed by atoms with Crippen molar-refractivity contribution >= 4 is 22.6 Å². The van der Waals surface area contributed by atoms with E-state index >= 15 is 0 Å². The Morgan fingerprint density at radius 2 is 1.67 bits per heavy atom. The van der Waals surface area contributed by atoms with Crippen LogP contribution in [0.5, 0.6) is 0 Å². The second-order valence-electron chi connectivity index (χ2n) is 4.12. The summed E-state index contributed by atoms with van der Waals surface area (Å²) in [6.45, 7) is 1.60. The summed E-state index contributed by atoms with van der Waals surface area (Å²) in [7, 11) is 0. The van der Waals surface area contributed by atoms with Gasteiger partial charge in [-0.25, -0.2) is 8.78 Å². The first-order valence-corrected chi connectivity index (χ1v) is 6.54. The Balaban J connectivity index is 2.49. The lowest BCUT2D eigenvalue weighted by atomic mass is 9.97. The van der Waals surface area contributed by atoms with Gasteiger partial charge in [0.2, 0.25) is 0 Å². The van der Waals surface area contributed by atoms with Gasteiger partial charge < -0.3 is 5.73 Å². The van der Waals surface area contributed by atoms with E-state index in [0.717, 1.165) is 3.57 Å². The zero-order valence-electron chi connectivity index (χ0n) is 9.75. The molecule has 0 fully saturated rings. The molecule has 4 heteroatoms. The highest BCUT2D eigenvalue weighted by atomic mass is 127. The van der Waals surface area contributed by atoms with Gasteiger partial charge >= 0.3 is 0 Å². The highest BCUT2D eigenvalue weighted by molar-refractivity contribution is 14.1. The maximum absolute atomic E-state index is 14.0. The fraction of sp³-hybridized carbons (Fsp3) is 0.143. The summed E-state index contributed by atoms with van der Waals surface area (Å²) in [5.41, 5.74) is 6.97. The molecule has 2 rings (SSSR count). The van der Waals surface area contributed by atoms with Gasteiger partial charge in [-0.05, 0) is 58.8 Å². The van der Waals surface area contributed by atoms with Crippen LogP contribution >= 0.6 is 22.6 Å². The zero-order valence-corrected chi connectivity index (χ0v) is 11.9. The summed E-state index contributed by atoms with van der Waals surface area (Å²) in [6, 6.07) is 9.17. The predicted octanol–water partition coefficient (Wildman–Crippen LogP) is 3.93. The quantitative estimate of drug-likeness (QED) is 0.808.